The van der Waals surface area contributed by atoms with E-state index in [2.05, 4.69) is 329 Å². The first-order chi connectivity index (χ1) is 47.4. The molecule has 20 rings (SSSR count). The quantitative estimate of drug-likeness (QED) is 0.133. The van der Waals surface area contributed by atoms with E-state index in [4.69, 9.17) is 0 Å². The van der Waals surface area contributed by atoms with Gasteiger partial charge in [0.05, 0.1) is 22.4 Å². The van der Waals surface area contributed by atoms with E-state index in [-0.39, 0.29) is 17.5 Å². The maximum Gasteiger partial charge on any atom is 0.252 e. The molecule has 7 atom stereocenters. The van der Waals surface area contributed by atoms with Crippen molar-refractivity contribution in [3.05, 3.63) is 290 Å². The Morgan fingerprint density at radius 2 is 0.784 bits per heavy atom. The number of rotatable bonds is 9. The normalized spacial score (nSPS) is 20.5. The number of para-hydroxylation sites is 2. The van der Waals surface area contributed by atoms with E-state index in [1.54, 1.807) is 5.56 Å². The van der Waals surface area contributed by atoms with Crippen molar-refractivity contribution in [1.82, 2.24) is 4.57 Å². The smallest absolute Gasteiger partial charge is 0.252 e. The van der Waals surface area contributed by atoms with Crippen LogP contribution in [0.4, 0.5) is 34.1 Å². The molecule has 0 radical (unpaired) electrons. The lowest BCUT2D eigenvalue weighted by Crippen LogP contribution is -2.61. The van der Waals surface area contributed by atoms with E-state index in [0.717, 1.165) is 46.9 Å². The third-order valence-electron chi connectivity index (χ3n) is 24.2. The molecule has 7 unspecified atom stereocenters. The van der Waals surface area contributed by atoms with Crippen LogP contribution in [0.3, 0.4) is 0 Å². The van der Waals surface area contributed by atoms with Crippen LogP contribution in [0.1, 0.15) is 103 Å². The number of nitrogens with zero attached hydrogens (tertiary/aromatic N) is 3. The molecule has 5 fully saturated rings. The van der Waals surface area contributed by atoms with E-state index in [0.29, 0.717) is 5.92 Å². The lowest BCUT2D eigenvalue weighted by Gasteiger charge is -2.64. The summed E-state index contributed by atoms with van der Waals surface area (Å²) in [6.45, 7) is 13.9. The fourth-order valence-corrected chi connectivity index (χ4v) is 20.0. The van der Waals surface area contributed by atoms with E-state index in [1.165, 1.54) is 172 Å². The minimum Gasteiger partial charge on any atom is -0.310 e. The average molecular weight is 1250 g/mol. The van der Waals surface area contributed by atoms with Gasteiger partial charge < -0.3 is 14.4 Å². The summed E-state index contributed by atoms with van der Waals surface area (Å²) in [4.78, 5) is 5.53. The highest BCUT2D eigenvalue weighted by atomic mass is 15.2. The zero-order valence-corrected chi connectivity index (χ0v) is 56.7. The molecule has 5 aliphatic carbocycles. The Hall–Kier alpha value is -9.90. The monoisotopic (exact) mass is 1250 g/mol. The average Bonchev–Trinajstić information content (AvgIpc) is 1.07. The number of hydrogen-bond acceptors (Lipinski definition) is 2. The van der Waals surface area contributed by atoms with Crippen molar-refractivity contribution < 1.29 is 0 Å². The van der Waals surface area contributed by atoms with E-state index >= 15 is 0 Å². The van der Waals surface area contributed by atoms with E-state index < -0.39 is 0 Å². The zero-order chi connectivity index (χ0) is 65.0. The molecule has 0 N–H and O–H groups in total. The van der Waals surface area contributed by atoms with Gasteiger partial charge in [-0.25, -0.2) is 0 Å². The molecule has 0 spiro atoms. The Labute approximate surface area is 573 Å². The molecule has 6 bridgehead atoms. The van der Waals surface area contributed by atoms with Crippen LogP contribution >= 0.6 is 0 Å². The molecule has 0 amide bonds. The second kappa shape index (κ2) is 22.3. The van der Waals surface area contributed by atoms with Gasteiger partial charge in [0.1, 0.15) is 0 Å². The van der Waals surface area contributed by atoms with Gasteiger partial charge >= 0.3 is 0 Å². The summed E-state index contributed by atoms with van der Waals surface area (Å²) in [6, 6.07) is 106. The van der Waals surface area contributed by atoms with Gasteiger partial charge in [0.2, 0.25) is 0 Å². The first-order valence-electron chi connectivity index (χ1n) is 36.1. The molecule has 1 aromatic heterocycles. The van der Waals surface area contributed by atoms with E-state index in [1.807, 2.05) is 0 Å². The summed E-state index contributed by atoms with van der Waals surface area (Å²) in [7, 11) is 0. The van der Waals surface area contributed by atoms with Crippen LogP contribution in [-0.4, -0.2) is 11.3 Å². The van der Waals surface area contributed by atoms with Gasteiger partial charge in [-0.05, 0) is 205 Å². The third kappa shape index (κ3) is 9.29. The number of benzene rings is 12. The summed E-state index contributed by atoms with van der Waals surface area (Å²) in [5.41, 5.74) is 30.9. The molecule has 472 valence electrons. The summed E-state index contributed by atoms with van der Waals surface area (Å²) < 4.78 is 2.58. The second-order valence-corrected chi connectivity index (χ2v) is 31.5. The summed E-state index contributed by atoms with van der Waals surface area (Å²) in [5.74, 6) is 5.61. The second-order valence-electron chi connectivity index (χ2n) is 31.5. The largest absolute Gasteiger partial charge is 0.310 e. The molecule has 13 aromatic rings. The van der Waals surface area contributed by atoms with Crippen LogP contribution in [0.2, 0.25) is 0 Å². The number of anilines is 6. The van der Waals surface area contributed by atoms with Crippen molar-refractivity contribution in [3.63, 3.8) is 0 Å². The molecule has 7 aliphatic rings. The summed E-state index contributed by atoms with van der Waals surface area (Å²) in [6.07, 6.45) is 8.47. The molecule has 5 saturated carbocycles. The predicted molar refractivity (Wildman–Crippen MR) is 411 cm³/mol. The van der Waals surface area contributed by atoms with Crippen molar-refractivity contribution in [3.8, 4) is 61.3 Å². The third-order valence-corrected chi connectivity index (χ3v) is 24.2. The van der Waals surface area contributed by atoms with Gasteiger partial charge in [0.15, 0.2) is 0 Å². The van der Waals surface area contributed by atoms with Crippen LogP contribution in [0.5, 0.6) is 0 Å². The fourth-order valence-electron chi connectivity index (χ4n) is 20.0. The first kappa shape index (κ1) is 58.5. The van der Waals surface area contributed by atoms with Crippen LogP contribution in [0, 0.1) is 35.5 Å². The van der Waals surface area contributed by atoms with Crippen molar-refractivity contribution in [2.75, 3.05) is 9.80 Å². The highest BCUT2D eigenvalue weighted by Crippen LogP contribution is 2.68. The molecule has 3 nitrogen and oxygen atoms in total. The van der Waals surface area contributed by atoms with Gasteiger partial charge in [-0.1, -0.05) is 266 Å². The van der Waals surface area contributed by atoms with Crippen LogP contribution in [0.25, 0.3) is 83.1 Å². The molecule has 2 aliphatic heterocycles. The Morgan fingerprint density at radius 3 is 1.27 bits per heavy atom. The molecule has 97 heavy (non-hydrogen) atoms. The molecular formula is C93H82BN3. The minimum absolute atomic E-state index is 0.0297. The van der Waals surface area contributed by atoms with Crippen LogP contribution in [0.15, 0.2) is 273 Å². The van der Waals surface area contributed by atoms with Crippen molar-refractivity contribution in [2.45, 2.75) is 96.8 Å². The minimum atomic E-state index is -0.136. The maximum atomic E-state index is 2.80. The molecule has 0 saturated heterocycles. The van der Waals surface area contributed by atoms with Gasteiger partial charge in [-0.2, -0.15) is 0 Å². The van der Waals surface area contributed by atoms with Crippen LogP contribution < -0.4 is 26.2 Å². The topological polar surface area (TPSA) is 11.4 Å². The van der Waals surface area contributed by atoms with Gasteiger partial charge in [0, 0.05) is 61.5 Å². The Balaban J connectivity index is 0.952. The molecule has 3 heterocycles. The summed E-state index contributed by atoms with van der Waals surface area (Å²) >= 11 is 0. The highest BCUT2D eigenvalue weighted by molar-refractivity contribution is 7.00. The van der Waals surface area contributed by atoms with Gasteiger partial charge in [0.25, 0.3) is 6.71 Å². The maximum absolute atomic E-state index is 2.80. The number of aromatic nitrogens is 1. The predicted octanol–water partition coefficient (Wildman–Crippen LogP) is 23.0. The Kier molecular flexibility index (Phi) is 13.5. The van der Waals surface area contributed by atoms with Gasteiger partial charge in [-0.15, -0.1) is 0 Å². The molecule has 4 heteroatoms. The SMILES string of the molecule is CC(C)(C)c1ccc2c(c1)c1cc(C(C)(C)C)ccc1n2-c1ccc2c(c1)N(c1c(-c3ccccc3)cccc1-c1ccccc1)c1cc(-c3ccccc3)cc3c1B2c1ccc(C2C4CC5CC2C2CCCC5C2C4)cc1N3c1c(-c2ccccc2)cccc1-c1ccccc1. The first-order valence-corrected chi connectivity index (χ1v) is 36.1. The van der Waals surface area contributed by atoms with Gasteiger partial charge in [-0.3, -0.25) is 0 Å². The Bertz CT molecular complexity index is 5060. The highest BCUT2D eigenvalue weighted by Gasteiger charge is 2.59. The lowest BCUT2D eigenvalue weighted by atomic mass is 9.33. The molecule has 12 aromatic carbocycles. The zero-order valence-electron chi connectivity index (χ0n) is 56.7. The number of fused-ring (bicyclic) bond motifs is 7. The summed E-state index contributed by atoms with van der Waals surface area (Å²) in [5, 5.41) is 2.58. The standard InChI is InChI=1S/C93H82BN3/c1-92(2,3)67-42-47-82-77(55-67)78-56-68(93(4,5)6)43-48-83(78)95(82)69-44-46-81-85(57-69)97(91-73(61-31-18-10-19-32-61)38-24-39-74(91)62-33-20-11-21-34-62)87-54-64(58-25-12-7-13-26-58)53-86-89(87)94(81)80-45-41-63(88-66-49-65-50-79(88)75-40-22-35-70(65)76(75)51-66)52-84(80)96(86)90-71(59-27-14-8-15-28-59)36-23-37-72(90)60-29-16-9-17-30-60/h7-21,23-34,36-39,41-48,52-57,65-66,70,75-76,79,88H,22,35,40,49-51H2,1-6H3. The fraction of sp³-hybridized carbons (Fsp3) is 0.226. The number of hydrogen-bond donors (Lipinski definition) is 0. The van der Waals surface area contributed by atoms with E-state index in [9.17, 15) is 0 Å². The van der Waals surface area contributed by atoms with Crippen LogP contribution in [-0.2, 0) is 10.8 Å². The lowest BCUT2D eigenvalue weighted by molar-refractivity contribution is -0.124. The van der Waals surface area contributed by atoms with Crippen molar-refractivity contribution in [2.24, 2.45) is 35.5 Å². The van der Waals surface area contributed by atoms with Crippen molar-refractivity contribution in [1.29, 1.82) is 0 Å². The Morgan fingerprint density at radius 1 is 0.340 bits per heavy atom. The molecular weight excluding hydrogens is 1170 g/mol. The van der Waals surface area contributed by atoms with Crippen molar-refractivity contribution >= 4 is 79.0 Å².